The van der Waals surface area contributed by atoms with Gasteiger partial charge in [0.15, 0.2) is 9.76 Å². The van der Waals surface area contributed by atoms with Crippen molar-refractivity contribution < 1.29 is 4.80 Å². The van der Waals surface area contributed by atoms with Crippen LogP contribution in [0.4, 0.5) is 0 Å². The summed E-state index contributed by atoms with van der Waals surface area (Å²) in [6.07, 6.45) is 4.10. The molecule has 2 saturated carbocycles. The molecule has 2 aliphatic carbocycles. The lowest BCUT2D eigenvalue weighted by Crippen LogP contribution is -2.31. The van der Waals surface area contributed by atoms with Crippen molar-refractivity contribution >= 4 is 9.76 Å². The van der Waals surface area contributed by atoms with Crippen molar-refractivity contribution in [3.05, 3.63) is 0 Å². The van der Waals surface area contributed by atoms with Gasteiger partial charge >= 0.3 is 0 Å². The molecule has 2 fully saturated rings. The Labute approximate surface area is 77.5 Å². The highest BCUT2D eigenvalue weighted by Crippen LogP contribution is 2.70. The minimum atomic E-state index is -0.763. The van der Waals surface area contributed by atoms with E-state index in [0.717, 1.165) is 5.92 Å². The first-order valence-electron chi connectivity index (χ1n) is 5.13. The summed E-state index contributed by atoms with van der Waals surface area (Å²) < 4.78 is 0. The molecular weight excluding hydrogens is 164 g/mol. The molecule has 1 N–H and O–H groups in total. The second kappa shape index (κ2) is 2.35. The van der Waals surface area contributed by atoms with Gasteiger partial charge in [0.2, 0.25) is 0 Å². The average molecular weight is 184 g/mol. The Kier molecular flexibility index (Phi) is 1.72. The largest absolute Gasteiger partial charge is 0.438 e. The van der Waals surface area contributed by atoms with E-state index in [-0.39, 0.29) is 0 Å². The first-order chi connectivity index (χ1) is 5.52. The Morgan fingerprint density at radius 2 is 2.00 bits per heavy atom. The van der Waals surface area contributed by atoms with Gasteiger partial charge in [-0.25, -0.2) is 0 Å². The van der Waals surface area contributed by atoms with Crippen LogP contribution in [0.3, 0.4) is 0 Å². The van der Waals surface area contributed by atoms with Gasteiger partial charge in [0.25, 0.3) is 0 Å². The summed E-state index contributed by atoms with van der Waals surface area (Å²) in [6, 6.07) is 0. The SMILES string of the molecule is CC1(C)C2CCC1(C)C([SiH2]O)C2. The first-order valence-corrected chi connectivity index (χ1v) is 6.58. The maximum absolute atomic E-state index is 9.42. The molecule has 3 unspecified atom stereocenters. The molecule has 3 atom stereocenters. The van der Waals surface area contributed by atoms with Crippen LogP contribution in [0.1, 0.15) is 40.0 Å². The highest BCUT2D eigenvalue weighted by atomic mass is 28.2. The number of rotatable bonds is 1. The third-order valence-electron chi connectivity index (χ3n) is 5.20. The van der Waals surface area contributed by atoms with Crippen molar-refractivity contribution in [2.75, 3.05) is 0 Å². The third kappa shape index (κ3) is 0.779. The summed E-state index contributed by atoms with van der Waals surface area (Å²) in [6.45, 7) is 7.23. The molecule has 0 heterocycles. The van der Waals surface area contributed by atoms with Gasteiger partial charge in [-0.3, -0.25) is 0 Å². The van der Waals surface area contributed by atoms with E-state index >= 15 is 0 Å². The maximum atomic E-state index is 9.42. The highest BCUT2D eigenvalue weighted by Gasteiger charge is 2.60. The van der Waals surface area contributed by atoms with E-state index in [1.807, 2.05) is 0 Å². The molecule has 2 bridgehead atoms. The molecule has 1 nitrogen and oxygen atoms in total. The van der Waals surface area contributed by atoms with E-state index < -0.39 is 9.76 Å². The predicted octanol–water partition coefficient (Wildman–Crippen LogP) is 1.70. The molecule has 0 amide bonds. The summed E-state index contributed by atoms with van der Waals surface area (Å²) in [5, 5.41) is 0. The van der Waals surface area contributed by atoms with Gasteiger partial charge in [-0.05, 0) is 41.6 Å². The van der Waals surface area contributed by atoms with E-state index in [4.69, 9.17) is 0 Å². The average Bonchev–Trinajstić information content (AvgIpc) is 2.34. The van der Waals surface area contributed by atoms with Gasteiger partial charge in [0.05, 0.1) is 0 Å². The van der Waals surface area contributed by atoms with Crippen LogP contribution in [0.15, 0.2) is 0 Å². The Balaban J connectivity index is 2.33. The van der Waals surface area contributed by atoms with Crippen molar-refractivity contribution in [3.8, 4) is 0 Å². The van der Waals surface area contributed by atoms with E-state index in [1.165, 1.54) is 19.3 Å². The predicted molar refractivity (Wildman–Crippen MR) is 53.7 cm³/mol. The van der Waals surface area contributed by atoms with Crippen LogP contribution in [-0.2, 0) is 0 Å². The molecular formula is C10H20OSi. The van der Waals surface area contributed by atoms with Crippen LogP contribution in [0.25, 0.3) is 0 Å². The third-order valence-corrected chi connectivity index (χ3v) is 6.87. The Morgan fingerprint density at radius 3 is 2.25 bits per heavy atom. The lowest BCUT2D eigenvalue weighted by atomic mass is 9.71. The molecule has 70 valence electrons. The van der Waals surface area contributed by atoms with Crippen LogP contribution >= 0.6 is 0 Å². The summed E-state index contributed by atoms with van der Waals surface area (Å²) in [5.74, 6) is 0.909. The van der Waals surface area contributed by atoms with E-state index in [9.17, 15) is 4.80 Å². The summed E-state index contributed by atoms with van der Waals surface area (Å²) in [7, 11) is -0.763. The Hall–Kier alpha value is 0.177. The Morgan fingerprint density at radius 1 is 1.33 bits per heavy atom. The van der Waals surface area contributed by atoms with Crippen LogP contribution in [0.2, 0.25) is 5.54 Å². The van der Waals surface area contributed by atoms with Gasteiger partial charge in [0.1, 0.15) is 0 Å². The van der Waals surface area contributed by atoms with Crippen molar-refractivity contribution in [2.45, 2.75) is 45.6 Å². The first kappa shape index (κ1) is 8.76. The lowest BCUT2D eigenvalue weighted by Gasteiger charge is -2.38. The number of fused-ring (bicyclic) bond motifs is 2. The van der Waals surface area contributed by atoms with Crippen molar-refractivity contribution in [3.63, 3.8) is 0 Å². The van der Waals surface area contributed by atoms with Crippen LogP contribution in [0.5, 0.6) is 0 Å². The van der Waals surface area contributed by atoms with Gasteiger partial charge < -0.3 is 4.80 Å². The number of hydrogen-bond donors (Lipinski definition) is 1. The summed E-state index contributed by atoms with van der Waals surface area (Å²) in [4.78, 5) is 9.42. The summed E-state index contributed by atoms with van der Waals surface area (Å²) in [5.41, 5.74) is 1.71. The fraction of sp³-hybridized carbons (Fsp3) is 1.00. The van der Waals surface area contributed by atoms with Gasteiger partial charge in [-0.15, -0.1) is 0 Å². The zero-order valence-corrected chi connectivity index (χ0v) is 9.84. The van der Waals surface area contributed by atoms with E-state index in [0.29, 0.717) is 16.4 Å². The van der Waals surface area contributed by atoms with Crippen molar-refractivity contribution in [1.29, 1.82) is 0 Å². The topological polar surface area (TPSA) is 20.2 Å². The molecule has 0 aliphatic heterocycles. The standard InChI is InChI=1S/C10H20OSi/c1-9(2)7-4-5-10(9,3)8(6-7)12-11/h7-8,11H,4-6,12H2,1-3H3. The van der Waals surface area contributed by atoms with Crippen LogP contribution in [0, 0.1) is 16.7 Å². The zero-order chi connectivity index (χ0) is 8.98. The molecule has 0 aromatic heterocycles. The normalized spacial score (nSPS) is 51.0. The molecule has 2 rings (SSSR count). The quantitative estimate of drug-likeness (QED) is 0.615. The van der Waals surface area contributed by atoms with Crippen LogP contribution in [-0.4, -0.2) is 14.6 Å². The lowest BCUT2D eigenvalue weighted by molar-refractivity contribution is 0.149. The number of hydrogen-bond acceptors (Lipinski definition) is 1. The minimum Gasteiger partial charge on any atom is -0.438 e. The van der Waals surface area contributed by atoms with E-state index in [2.05, 4.69) is 20.8 Å². The van der Waals surface area contributed by atoms with Crippen molar-refractivity contribution in [2.24, 2.45) is 16.7 Å². The smallest absolute Gasteiger partial charge is 0.160 e. The van der Waals surface area contributed by atoms with Gasteiger partial charge in [-0.1, -0.05) is 20.8 Å². The second-order valence-corrected chi connectivity index (χ2v) is 6.84. The molecule has 2 aliphatic rings. The monoisotopic (exact) mass is 184 g/mol. The van der Waals surface area contributed by atoms with Crippen LogP contribution < -0.4 is 0 Å². The fourth-order valence-electron chi connectivity index (χ4n) is 3.65. The van der Waals surface area contributed by atoms with E-state index in [1.54, 1.807) is 0 Å². The second-order valence-electron chi connectivity index (χ2n) is 5.49. The van der Waals surface area contributed by atoms with Crippen molar-refractivity contribution in [1.82, 2.24) is 0 Å². The minimum absolute atomic E-state index is 0.485. The Bertz CT molecular complexity index is 202. The molecule has 2 heteroatoms. The fourth-order valence-corrected chi connectivity index (χ4v) is 5.33. The molecule has 12 heavy (non-hydrogen) atoms. The molecule has 0 aromatic rings. The molecule has 0 aromatic carbocycles. The van der Waals surface area contributed by atoms with Gasteiger partial charge in [0, 0.05) is 0 Å². The molecule has 0 radical (unpaired) electrons. The maximum Gasteiger partial charge on any atom is 0.160 e. The zero-order valence-electron chi connectivity index (χ0n) is 8.43. The highest BCUT2D eigenvalue weighted by molar-refractivity contribution is 6.28. The van der Waals surface area contributed by atoms with Gasteiger partial charge in [-0.2, -0.15) is 0 Å². The molecule has 0 spiro atoms. The molecule has 0 saturated heterocycles. The summed E-state index contributed by atoms with van der Waals surface area (Å²) >= 11 is 0.